The van der Waals surface area contributed by atoms with Gasteiger partial charge in [-0.25, -0.2) is 4.98 Å². The Labute approximate surface area is 155 Å². The zero-order valence-electron chi connectivity index (χ0n) is 14.4. The van der Waals surface area contributed by atoms with Crippen molar-refractivity contribution in [1.29, 1.82) is 0 Å². The third-order valence-electron chi connectivity index (χ3n) is 4.63. The van der Waals surface area contributed by atoms with Crippen molar-refractivity contribution in [3.05, 3.63) is 78.4 Å². The number of oxazole rings is 1. The van der Waals surface area contributed by atoms with Crippen molar-refractivity contribution >= 4 is 22.7 Å². The minimum Gasteiger partial charge on any atom is -0.480 e. The normalized spacial score (nSPS) is 15.3. The van der Waals surface area contributed by atoms with Crippen LogP contribution in [0.2, 0.25) is 0 Å². The van der Waals surface area contributed by atoms with Crippen LogP contribution in [0.1, 0.15) is 5.56 Å². The van der Waals surface area contributed by atoms with Gasteiger partial charge in [0.25, 0.3) is 5.91 Å². The molecule has 5 rings (SSSR count). The summed E-state index contributed by atoms with van der Waals surface area (Å²) < 4.78 is 11.5. The number of rotatable bonds is 3. The van der Waals surface area contributed by atoms with Crippen LogP contribution in [-0.2, 0) is 11.2 Å². The van der Waals surface area contributed by atoms with E-state index in [4.69, 9.17) is 9.15 Å². The highest BCUT2D eigenvalue weighted by molar-refractivity contribution is 5.95. The summed E-state index contributed by atoms with van der Waals surface area (Å²) in [6, 6.07) is 22.8. The van der Waals surface area contributed by atoms with Gasteiger partial charge in [0.1, 0.15) is 11.3 Å². The Morgan fingerprint density at radius 2 is 1.74 bits per heavy atom. The third-order valence-corrected chi connectivity index (χ3v) is 4.63. The predicted octanol–water partition coefficient (Wildman–Crippen LogP) is 4.44. The number of para-hydroxylation sites is 3. The zero-order valence-corrected chi connectivity index (χ0v) is 14.4. The van der Waals surface area contributed by atoms with E-state index in [-0.39, 0.29) is 5.91 Å². The molecule has 1 amide bonds. The molecule has 1 aliphatic rings. The number of amides is 1. The van der Waals surface area contributed by atoms with Crippen molar-refractivity contribution < 1.29 is 13.9 Å². The van der Waals surface area contributed by atoms with Crippen molar-refractivity contribution in [1.82, 2.24) is 4.98 Å². The minimum atomic E-state index is -0.501. The molecule has 3 aromatic carbocycles. The van der Waals surface area contributed by atoms with Crippen molar-refractivity contribution in [3.8, 4) is 17.2 Å². The lowest BCUT2D eigenvalue weighted by Crippen LogP contribution is -2.31. The maximum Gasteiger partial charge on any atom is 0.265 e. The molecular formula is C22H16N2O3. The van der Waals surface area contributed by atoms with Gasteiger partial charge in [-0.15, -0.1) is 0 Å². The van der Waals surface area contributed by atoms with Gasteiger partial charge in [0, 0.05) is 17.7 Å². The SMILES string of the molecule is O=C(Nc1ccc(-c2nc3ccccc3o2)cc1)[C@H]1Cc2ccccc2O1. The maximum atomic E-state index is 12.5. The molecule has 0 saturated carbocycles. The summed E-state index contributed by atoms with van der Waals surface area (Å²) in [6.07, 6.45) is 0.0855. The first kappa shape index (κ1) is 15.6. The topological polar surface area (TPSA) is 64.4 Å². The fourth-order valence-corrected chi connectivity index (χ4v) is 3.24. The average molecular weight is 356 g/mol. The molecule has 2 heterocycles. The number of carbonyl (C=O) groups is 1. The van der Waals surface area contributed by atoms with Crippen LogP contribution in [-0.4, -0.2) is 17.0 Å². The van der Waals surface area contributed by atoms with Gasteiger partial charge >= 0.3 is 0 Å². The van der Waals surface area contributed by atoms with E-state index >= 15 is 0 Å². The van der Waals surface area contributed by atoms with Crippen LogP contribution in [0.5, 0.6) is 5.75 Å². The number of aromatic nitrogens is 1. The molecule has 0 aliphatic carbocycles. The molecule has 132 valence electrons. The average Bonchev–Trinajstić information content (AvgIpc) is 3.32. The first-order valence-corrected chi connectivity index (χ1v) is 8.78. The fraction of sp³-hybridized carbons (Fsp3) is 0.0909. The van der Waals surface area contributed by atoms with E-state index in [1.807, 2.05) is 72.8 Å². The molecule has 1 aromatic heterocycles. The molecule has 0 saturated heterocycles. The smallest absolute Gasteiger partial charge is 0.265 e. The van der Waals surface area contributed by atoms with E-state index in [0.29, 0.717) is 18.0 Å². The number of nitrogens with zero attached hydrogens (tertiary/aromatic N) is 1. The van der Waals surface area contributed by atoms with Gasteiger partial charge in [0.15, 0.2) is 11.7 Å². The van der Waals surface area contributed by atoms with Crippen LogP contribution in [0.4, 0.5) is 5.69 Å². The monoisotopic (exact) mass is 356 g/mol. The van der Waals surface area contributed by atoms with Crippen molar-refractivity contribution in [3.63, 3.8) is 0 Å². The lowest BCUT2D eigenvalue weighted by atomic mass is 10.1. The van der Waals surface area contributed by atoms with E-state index in [0.717, 1.165) is 28.0 Å². The summed E-state index contributed by atoms with van der Waals surface area (Å²) in [5.74, 6) is 1.19. The summed E-state index contributed by atoms with van der Waals surface area (Å²) in [5.41, 5.74) is 4.20. The second kappa shape index (κ2) is 6.29. The van der Waals surface area contributed by atoms with Gasteiger partial charge in [-0.05, 0) is 48.0 Å². The summed E-state index contributed by atoms with van der Waals surface area (Å²) in [6.45, 7) is 0. The molecule has 0 radical (unpaired) electrons. The number of fused-ring (bicyclic) bond motifs is 2. The molecule has 0 spiro atoms. The number of hydrogen-bond acceptors (Lipinski definition) is 4. The molecule has 4 aromatic rings. The Kier molecular flexibility index (Phi) is 3.64. The van der Waals surface area contributed by atoms with Crippen LogP contribution in [0.3, 0.4) is 0 Å². The van der Waals surface area contributed by atoms with E-state index in [2.05, 4.69) is 10.3 Å². The van der Waals surface area contributed by atoms with Crippen LogP contribution in [0.15, 0.2) is 77.2 Å². The number of hydrogen-bond donors (Lipinski definition) is 1. The number of benzene rings is 3. The van der Waals surface area contributed by atoms with E-state index in [1.54, 1.807) is 0 Å². The largest absolute Gasteiger partial charge is 0.480 e. The third kappa shape index (κ3) is 2.93. The summed E-state index contributed by atoms with van der Waals surface area (Å²) in [4.78, 5) is 17.0. The Morgan fingerprint density at radius 1 is 0.963 bits per heavy atom. The van der Waals surface area contributed by atoms with E-state index in [9.17, 15) is 4.79 Å². The highest BCUT2D eigenvalue weighted by Gasteiger charge is 2.28. The number of anilines is 1. The maximum absolute atomic E-state index is 12.5. The van der Waals surface area contributed by atoms with Crippen LogP contribution in [0.25, 0.3) is 22.6 Å². The molecule has 0 fully saturated rings. The Morgan fingerprint density at radius 3 is 2.56 bits per heavy atom. The number of carbonyl (C=O) groups excluding carboxylic acids is 1. The van der Waals surface area contributed by atoms with Crippen LogP contribution >= 0.6 is 0 Å². The van der Waals surface area contributed by atoms with Crippen molar-refractivity contribution in [2.75, 3.05) is 5.32 Å². The molecule has 5 heteroatoms. The fourth-order valence-electron chi connectivity index (χ4n) is 3.24. The van der Waals surface area contributed by atoms with Gasteiger partial charge in [0.05, 0.1) is 0 Å². The quantitative estimate of drug-likeness (QED) is 0.589. The molecule has 0 unspecified atom stereocenters. The molecule has 1 atom stereocenters. The Balaban J connectivity index is 1.30. The molecule has 27 heavy (non-hydrogen) atoms. The van der Waals surface area contributed by atoms with E-state index < -0.39 is 6.10 Å². The van der Waals surface area contributed by atoms with Crippen LogP contribution < -0.4 is 10.1 Å². The van der Waals surface area contributed by atoms with E-state index in [1.165, 1.54) is 0 Å². The lowest BCUT2D eigenvalue weighted by molar-refractivity contribution is -0.122. The molecule has 0 bridgehead atoms. The first-order chi connectivity index (χ1) is 13.3. The second-order valence-corrected chi connectivity index (χ2v) is 6.47. The van der Waals surface area contributed by atoms with Gasteiger partial charge in [0.2, 0.25) is 5.89 Å². The molecule has 1 aliphatic heterocycles. The predicted molar refractivity (Wildman–Crippen MR) is 103 cm³/mol. The van der Waals surface area contributed by atoms with Crippen molar-refractivity contribution in [2.45, 2.75) is 12.5 Å². The van der Waals surface area contributed by atoms with Gasteiger partial charge in [-0.2, -0.15) is 0 Å². The number of ether oxygens (including phenoxy) is 1. The Bertz CT molecular complexity index is 1070. The summed E-state index contributed by atoms with van der Waals surface area (Å²) >= 11 is 0. The zero-order chi connectivity index (χ0) is 18.2. The second-order valence-electron chi connectivity index (χ2n) is 6.47. The van der Waals surface area contributed by atoms with Gasteiger partial charge < -0.3 is 14.5 Å². The molecule has 1 N–H and O–H groups in total. The minimum absolute atomic E-state index is 0.152. The molecule has 5 nitrogen and oxygen atoms in total. The van der Waals surface area contributed by atoms with Gasteiger partial charge in [-0.3, -0.25) is 4.79 Å². The number of nitrogens with one attached hydrogen (secondary N) is 1. The van der Waals surface area contributed by atoms with Gasteiger partial charge in [-0.1, -0.05) is 30.3 Å². The highest BCUT2D eigenvalue weighted by Crippen LogP contribution is 2.29. The summed E-state index contributed by atoms with van der Waals surface area (Å²) in [7, 11) is 0. The lowest BCUT2D eigenvalue weighted by Gasteiger charge is -2.11. The Hall–Kier alpha value is -3.60. The highest BCUT2D eigenvalue weighted by atomic mass is 16.5. The van der Waals surface area contributed by atoms with Crippen molar-refractivity contribution in [2.24, 2.45) is 0 Å². The summed E-state index contributed by atoms with van der Waals surface area (Å²) in [5, 5.41) is 2.91. The standard InChI is InChI=1S/C22H16N2O3/c25-21(20-13-15-5-1-3-7-18(15)26-20)23-16-11-9-14(10-12-16)22-24-17-6-2-4-8-19(17)27-22/h1-12,20H,13H2,(H,23,25)/t20-/m1/s1. The molecular weight excluding hydrogens is 340 g/mol. The first-order valence-electron chi connectivity index (χ1n) is 8.78. The van der Waals surface area contributed by atoms with Crippen LogP contribution in [0, 0.1) is 0 Å².